The second-order valence-corrected chi connectivity index (χ2v) is 4.96. The first-order chi connectivity index (χ1) is 11.2. The van der Waals surface area contributed by atoms with Gasteiger partial charge in [0.05, 0.1) is 11.9 Å². The lowest BCUT2D eigenvalue weighted by molar-refractivity contribution is -0.274. The molecule has 0 fully saturated rings. The van der Waals surface area contributed by atoms with Crippen LogP contribution in [0.15, 0.2) is 35.4 Å². The third kappa shape index (κ3) is 5.11. The number of hydrogen-bond donors (Lipinski definition) is 1. The van der Waals surface area contributed by atoms with Gasteiger partial charge in [-0.3, -0.25) is 9.48 Å². The lowest BCUT2D eigenvalue weighted by atomic mass is 10.2. The molecule has 1 aromatic heterocycles. The predicted molar refractivity (Wildman–Crippen MR) is 80.6 cm³/mol. The van der Waals surface area contributed by atoms with Gasteiger partial charge in [-0.1, -0.05) is 12.1 Å². The summed E-state index contributed by atoms with van der Waals surface area (Å²) in [6, 6.07) is 7.30. The standard InChI is InChI=1S/C15H15F3N4O2/c1-10-7-11(2)22(21-10)9-14(23)20-19-8-12-5-3-4-6-13(12)24-15(16,17)18/h3-8H,9H2,1-2H3,(H,20,23). The van der Waals surface area contributed by atoms with Gasteiger partial charge in [0.25, 0.3) is 5.91 Å². The Bertz CT molecular complexity index is 753. The van der Waals surface area contributed by atoms with Crippen LogP contribution in [0.3, 0.4) is 0 Å². The van der Waals surface area contributed by atoms with Crippen LogP contribution in [0.1, 0.15) is 17.0 Å². The number of ether oxygens (including phenoxy) is 1. The van der Waals surface area contributed by atoms with Crippen molar-refractivity contribution in [1.29, 1.82) is 0 Å². The number of hydrazone groups is 1. The highest BCUT2D eigenvalue weighted by molar-refractivity contribution is 5.85. The molecule has 0 radical (unpaired) electrons. The number of nitrogens with one attached hydrogen (secondary N) is 1. The fourth-order valence-electron chi connectivity index (χ4n) is 1.99. The van der Waals surface area contributed by atoms with E-state index in [1.165, 1.54) is 22.9 Å². The number of nitrogens with zero attached hydrogens (tertiary/aromatic N) is 3. The molecule has 1 heterocycles. The van der Waals surface area contributed by atoms with E-state index in [9.17, 15) is 18.0 Å². The monoisotopic (exact) mass is 340 g/mol. The van der Waals surface area contributed by atoms with E-state index in [0.717, 1.165) is 23.7 Å². The van der Waals surface area contributed by atoms with Gasteiger partial charge < -0.3 is 4.74 Å². The van der Waals surface area contributed by atoms with Crippen LogP contribution in [0.5, 0.6) is 5.75 Å². The molecule has 2 aromatic rings. The smallest absolute Gasteiger partial charge is 0.405 e. The van der Waals surface area contributed by atoms with Gasteiger partial charge in [0.15, 0.2) is 0 Å². The average Bonchev–Trinajstić information content (AvgIpc) is 2.77. The molecule has 0 aliphatic heterocycles. The van der Waals surface area contributed by atoms with Crippen LogP contribution in [0.4, 0.5) is 13.2 Å². The number of amides is 1. The third-order valence-electron chi connectivity index (χ3n) is 2.93. The van der Waals surface area contributed by atoms with Gasteiger partial charge >= 0.3 is 6.36 Å². The molecule has 2 rings (SSSR count). The van der Waals surface area contributed by atoms with Crippen LogP contribution < -0.4 is 10.2 Å². The maximum Gasteiger partial charge on any atom is 0.573 e. The van der Waals surface area contributed by atoms with Crippen molar-refractivity contribution in [2.75, 3.05) is 0 Å². The Balaban J connectivity index is 1.99. The summed E-state index contributed by atoms with van der Waals surface area (Å²) in [5.41, 5.74) is 3.92. The maximum atomic E-state index is 12.3. The summed E-state index contributed by atoms with van der Waals surface area (Å²) in [5, 5.41) is 7.78. The third-order valence-corrected chi connectivity index (χ3v) is 2.93. The number of halogens is 3. The largest absolute Gasteiger partial charge is 0.573 e. The van der Waals surface area contributed by atoms with Gasteiger partial charge in [0.1, 0.15) is 12.3 Å². The molecule has 128 valence electrons. The zero-order valence-electron chi connectivity index (χ0n) is 13.0. The van der Waals surface area contributed by atoms with E-state index in [4.69, 9.17) is 0 Å². The summed E-state index contributed by atoms with van der Waals surface area (Å²) >= 11 is 0. The first-order valence-corrected chi connectivity index (χ1v) is 6.92. The average molecular weight is 340 g/mol. The number of carbonyl (C=O) groups is 1. The van der Waals surface area contributed by atoms with Gasteiger partial charge in [0.2, 0.25) is 0 Å². The quantitative estimate of drug-likeness (QED) is 0.672. The van der Waals surface area contributed by atoms with E-state index in [-0.39, 0.29) is 12.1 Å². The molecule has 0 aliphatic rings. The number of benzene rings is 1. The fourth-order valence-corrected chi connectivity index (χ4v) is 1.99. The summed E-state index contributed by atoms with van der Waals surface area (Å²) in [4.78, 5) is 11.8. The number of aromatic nitrogens is 2. The molecule has 0 saturated carbocycles. The molecule has 6 nitrogen and oxygen atoms in total. The molecular weight excluding hydrogens is 325 g/mol. The Hall–Kier alpha value is -2.84. The molecule has 9 heteroatoms. The maximum absolute atomic E-state index is 12.3. The molecule has 0 saturated heterocycles. The number of aryl methyl sites for hydroxylation is 2. The van der Waals surface area contributed by atoms with Gasteiger partial charge in [-0.25, -0.2) is 5.43 Å². The van der Waals surface area contributed by atoms with Crippen molar-refractivity contribution in [2.45, 2.75) is 26.8 Å². The topological polar surface area (TPSA) is 68.5 Å². The van der Waals surface area contributed by atoms with Crippen molar-refractivity contribution in [3.63, 3.8) is 0 Å². The van der Waals surface area contributed by atoms with E-state index in [1.807, 2.05) is 6.07 Å². The van der Waals surface area contributed by atoms with E-state index in [0.29, 0.717) is 0 Å². The molecule has 0 bridgehead atoms. The van der Waals surface area contributed by atoms with Crippen LogP contribution in [0.25, 0.3) is 0 Å². The van der Waals surface area contributed by atoms with Crippen molar-refractivity contribution >= 4 is 12.1 Å². The van der Waals surface area contributed by atoms with Crippen molar-refractivity contribution in [3.05, 3.63) is 47.3 Å². The Morgan fingerprint density at radius 3 is 2.71 bits per heavy atom. The lowest BCUT2D eigenvalue weighted by Crippen LogP contribution is -2.24. The number of carbonyl (C=O) groups excluding carboxylic acids is 1. The molecule has 0 atom stereocenters. The van der Waals surface area contributed by atoms with Crippen molar-refractivity contribution in [3.8, 4) is 5.75 Å². The zero-order chi connectivity index (χ0) is 17.7. The highest BCUT2D eigenvalue weighted by atomic mass is 19.4. The van der Waals surface area contributed by atoms with Crippen LogP contribution >= 0.6 is 0 Å². The second kappa shape index (κ2) is 7.16. The molecule has 0 aliphatic carbocycles. The first-order valence-electron chi connectivity index (χ1n) is 6.92. The molecule has 1 aromatic carbocycles. The summed E-state index contributed by atoms with van der Waals surface area (Å²) in [5.74, 6) is -0.854. The molecule has 0 spiro atoms. The highest BCUT2D eigenvalue weighted by Gasteiger charge is 2.31. The minimum absolute atomic E-state index is 0.0439. The van der Waals surface area contributed by atoms with E-state index in [2.05, 4.69) is 20.4 Å². The predicted octanol–water partition coefficient (Wildman–Crippen LogP) is 2.55. The van der Waals surface area contributed by atoms with Crippen LogP contribution in [-0.4, -0.2) is 28.3 Å². The SMILES string of the molecule is Cc1cc(C)n(CC(=O)NN=Cc2ccccc2OC(F)(F)F)n1. The molecule has 0 unspecified atom stereocenters. The zero-order valence-corrected chi connectivity index (χ0v) is 13.0. The van der Waals surface area contributed by atoms with E-state index < -0.39 is 18.0 Å². The van der Waals surface area contributed by atoms with Gasteiger partial charge in [-0.15, -0.1) is 13.2 Å². The van der Waals surface area contributed by atoms with Gasteiger partial charge in [-0.2, -0.15) is 10.2 Å². The second-order valence-electron chi connectivity index (χ2n) is 4.96. The Kier molecular flexibility index (Phi) is 5.22. The van der Waals surface area contributed by atoms with Crippen molar-refractivity contribution in [2.24, 2.45) is 5.10 Å². The van der Waals surface area contributed by atoms with E-state index >= 15 is 0 Å². The van der Waals surface area contributed by atoms with Crippen LogP contribution in [-0.2, 0) is 11.3 Å². The minimum Gasteiger partial charge on any atom is -0.405 e. The Labute approximate surface area is 135 Å². The number of rotatable bonds is 5. The Morgan fingerprint density at radius 1 is 1.38 bits per heavy atom. The summed E-state index contributed by atoms with van der Waals surface area (Å²) in [6.45, 7) is 3.57. The van der Waals surface area contributed by atoms with Crippen LogP contribution in [0, 0.1) is 13.8 Å². The highest BCUT2D eigenvalue weighted by Crippen LogP contribution is 2.24. The number of hydrogen-bond acceptors (Lipinski definition) is 4. The van der Waals surface area contributed by atoms with Crippen LogP contribution in [0.2, 0.25) is 0 Å². The van der Waals surface area contributed by atoms with Crippen molar-refractivity contribution < 1.29 is 22.7 Å². The summed E-state index contributed by atoms with van der Waals surface area (Å²) in [7, 11) is 0. The fraction of sp³-hybridized carbons (Fsp3) is 0.267. The minimum atomic E-state index is -4.80. The van der Waals surface area contributed by atoms with Gasteiger partial charge in [-0.05, 0) is 32.0 Å². The molecule has 1 amide bonds. The first kappa shape index (κ1) is 17.5. The summed E-state index contributed by atoms with van der Waals surface area (Å²) < 4.78 is 42.3. The lowest BCUT2D eigenvalue weighted by Gasteiger charge is -2.10. The number of para-hydroxylation sites is 1. The van der Waals surface area contributed by atoms with Gasteiger partial charge in [0, 0.05) is 11.3 Å². The number of alkyl halides is 3. The van der Waals surface area contributed by atoms with Crippen molar-refractivity contribution in [1.82, 2.24) is 15.2 Å². The molecular formula is C15H15F3N4O2. The van der Waals surface area contributed by atoms with E-state index in [1.54, 1.807) is 13.8 Å². The molecule has 1 N–H and O–H groups in total. The summed E-state index contributed by atoms with van der Waals surface area (Å²) in [6.07, 6.45) is -3.72. The molecule has 24 heavy (non-hydrogen) atoms. The Morgan fingerprint density at radius 2 is 2.08 bits per heavy atom. The normalized spacial score (nSPS) is 11.7.